The van der Waals surface area contributed by atoms with Gasteiger partial charge in [-0.2, -0.15) is 0 Å². The van der Waals surface area contributed by atoms with E-state index in [1.807, 2.05) is 18.2 Å². The van der Waals surface area contributed by atoms with Crippen molar-refractivity contribution >= 4 is 32.6 Å². The van der Waals surface area contributed by atoms with Crippen LogP contribution in [-0.4, -0.2) is 14.5 Å². The van der Waals surface area contributed by atoms with E-state index in [4.69, 9.17) is 9.97 Å². The van der Waals surface area contributed by atoms with Crippen molar-refractivity contribution < 1.29 is 0 Å². The van der Waals surface area contributed by atoms with E-state index in [9.17, 15) is 0 Å². The molecule has 0 saturated carbocycles. The molecule has 0 bridgehead atoms. The zero-order valence-corrected chi connectivity index (χ0v) is 16.9. The molecule has 0 saturated heterocycles. The lowest BCUT2D eigenvalue weighted by Crippen LogP contribution is -1.97. The number of rotatable bonds is 3. The number of hydrogen-bond donors (Lipinski definition) is 0. The summed E-state index contributed by atoms with van der Waals surface area (Å²) in [7, 11) is 0. The molecule has 0 fully saturated rings. The molecular formula is C26H17N3S. The average Bonchev–Trinajstić information content (AvgIpc) is 3.41. The number of benzene rings is 4. The maximum absolute atomic E-state index is 5.04. The van der Waals surface area contributed by atoms with Gasteiger partial charge in [0.25, 0.3) is 0 Å². The Morgan fingerprint density at radius 1 is 0.600 bits per heavy atom. The van der Waals surface area contributed by atoms with Crippen LogP contribution in [0.1, 0.15) is 0 Å². The van der Waals surface area contributed by atoms with E-state index in [0.717, 1.165) is 44.2 Å². The van der Waals surface area contributed by atoms with Gasteiger partial charge >= 0.3 is 0 Å². The second-order valence-corrected chi connectivity index (χ2v) is 8.19. The fourth-order valence-corrected chi connectivity index (χ4v) is 4.79. The van der Waals surface area contributed by atoms with Gasteiger partial charge in [0.1, 0.15) is 10.8 Å². The Morgan fingerprint density at radius 3 is 2.13 bits per heavy atom. The number of nitrogens with zero attached hydrogens (tertiary/aromatic N) is 3. The number of aromatic nitrogens is 3. The van der Waals surface area contributed by atoms with Crippen molar-refractivity contribution in [1.82, 2.24) is 14.5 Å². The summed E-state index contributed by atoms with van der Waals surface area (Å²) < 4.78 is 3.43. The Hall–Kier alpha value is -3.76. The molecule has 0 aliphatic rings. The molecule has 0 aliphatic heterocycles. The minimum Gasteiger partial charge on any atom is -0.292 e. The van der Waals surface area contributed by atoms with E-state index in [2.05, 4.69) is 89.5 Å². The first-order chi connectivity index (χ1) is 14.9. The molecule has 6 rings (SSSR count). The van der Waals surface area contributed by atoms with E-state index >= 15 is 0 Å². The largest absolute Gasteiger partial charge is 0.292 e. The van der Waals surface area contributed by atoms with Crippen LogP contribution < -0.4 is 0 Å². The molecule has 0 amide bonds. The maximum atomic E-state index is 5.04. The van der Waals surface area contributed by atoms with Crippen LogP contribution in [0.15, 0.2) is 103 Å². The second kappa shape index (κ2) is 6.94. The number of thiazole rings is 1. The molecule has 0 radical (unpaired) electrons. The van der Waals surface area contributed by atoms with Crippen molar-refractivity contribution in [1.29, 1.82) is 0 Å². The summed E-state index contributed by atoms with van der Waals surface area (Å²) >= 11 is 1.72. The molecule has 3 nitrogen and oxygen atoms in total. The molecule has 2 heterocycles. The predicted molar refractivity (Wildman–Crippen MR) is 125 cm³/mol. The van der Waals surface area contributed by atoms with Gasteiger partial charge in [0, 0.05) is 16.8 Å². The van der Waals surface area contributed by atoms with E-state index in [1.54, 1.807) is 11.3 Å². The third-order valence-corrected chi connectivity index (χ3v) is 6.33. The average molecular weight is 404 g/mol. The van der Waals surface area contributed by atoms with Crippen molar-refractivity contribution in [3.8, 4) is 27.6 Å². The minimum absolute atomic E-state index is 0.943. The SMILES string of the molecule is c1ccc(-c2nc3cc(-c4nc5ccccc5s4)ccc3n2-c2ccccc2)cc1. The predicted octanol–water partition coefficient (Wildman–Crippen LogP) is 6.97. The van der Waals surface area contributed by atoms with Gasteiger partial charge in [0.15, 0.2) is 0 Å². The Labute approximate surface area is 177 Å². The Balaban J connectivity index is 1.58. The van der Waals surface area contributed by atoms with E-state index in [0.29, 0.717) is 0 Å². The lowest BCUT2D eigenvalue weighted by atomic mass is 10.2. The van der Waals surface area contributed by atoms with Gasteiger partial charge in [0.2, 0.25) is 0 Å². The molecule has 2 aromatic heterocycles. The summed E-state index contributed by atoms with van der Waals surface area (Å²) in [5.41, 5.74) is 6.39. The molecule has 0 N–H and O–H groups in total. The quantitative estimate of drug-likeness (QED) is 0.319. The van der Waals surface area contributed by atoms with Crippen LogP contribution >= 0.6 is 11.3 Å². The lowest BCUT2D eigenvalue weighted by Gasteiger charge is -2.09. The Bertz CT molecular complexity index is 1450. The first kappa shape index (κ1) is 17.1. The molecule has 0 unspecified atom stereocenters. The number of fused-ring (bicyclic) bond motifs is 2. The molecule has 0 spiro atoms. The van der Waals surface area contributed by atoms with Crippen LogP contribution in [0.25, 0.3) is 48.9 Å². The molecule has 6 aromatic rings. The van der Waals surface area contributed by atoms with E-state index < -0.39 is 0 Å². The van der Waals surface area contributed by atoms with Gasteiger partial charge in [-0.05, 0) is 42.5 Å². The van der Waals surface area contributed by atoms with Crippen molar-refractivity contribution in [2.24, 2.45) is 0 Å². The highest BCUT2D eigenvalue weighted by Crippen LogP contribution is 2.34. The highest BCUT2D eigenvalue weighted by molar-refractivity contribution is 7.21. The zero-order chi connectivity index (χ0) is 19.9. The molecule has 0 atom stereocenters. The first-order valence-corrected chi connectivity index (χ1v) is 10.7. The minimum atomic E-state index is 0.943. The molecular weight excluding hydrogens is 386 g/mol. The summed E-state index contributed by atoms with van der Waals surface area (Å²) in [6.07, 6.45) is 0. The van der Waals surface area contributed by atoms with Crippen LogP contribution in [0, 0.1) is 0 Å². The third-order valence-electron chi connectivity index (χ3n) is 5.24. The standard InChI is InChI=1S/C26H17N3S/c1-3-9-18(10-4-1)25-27-22-17-19(26-28-21-13-7-8-14-24(21)30-26)15-16-23(22)29(25)20-11-5-2-6-12-20/h1-17H. The van der Waals surface area contributed by atoms with Crippen molar-refractivity contribution in [3.05, 3.63) is 103 Å². The summed E-state index contributed by atoms with van der Waals surface area (Å²) in [5.74, 6) is 0.943. The van der Waals surface area contributed by atoms with Crippen molar-refractivity contribution in [2.45, 2.75) is 0 Å². The van der Waals surface area contributed by atoms with E-state index in [1.165, 1.54) is 4.70 Å². The van der Waals surface area contributed by atoms with Crippen LogP contribution in [0.3, 0.4) is 0 Å². The van der Waals surface area contributed by atoms with Crippen LogP contribution in [0.2, 0.25) is 0 Å². The molecule has 30 heavy (non-hydrogen) atoms. The maximum Gasteiger partial charge on any atom is 0.145 e. The Morgan fingerprint density at radius 2 is 1.33 bits per heavy atom. The number of hydrogen-bond acceptors (Lipinski definition) is 3. The van der Waals surface area contributed by atoms with E-state index in [-0.39, 0.29) is 0 Å². The summed E-state index contributed by atoms with van der Waals surface area (Å²) in [6, 6.07) is 35.5. The van der Waals surface area contributed by atoms with Gasteiger partial charge in [-0.1, -0.05) is 60.7 Å². The summed E-state index contributed by atoms with van der Waals surface area (Å²) in [5, 5.41) is 1.02. The van der Waals surface area contributed by atoms with Crippen LogP contribution in [0.5, 0.6) is 0 Å². The van der Waals surface area contributed by atoms with Crippen molar-refractivity contribution in [2.75, 3.05) is 0 Å². The van der Waals surface area contributed by atoms with Crippen LogP contribution in [0.4, 0.5) is 0 Å². The molecule has 142 valence electrons. The molecule has 0 aliphatic carbocycles. The van der Waals surface area contributed by atoms with Gasteiger partial charge in [-0.25, -0.2) is 9.97 Å². The summed E-state index contributed by atoms with van der Waals surface area (Å²) in [6.45, 7) is 0. The monoisotopic (exact) mass is 403 g/mol. The number of para-hydroxylation sites is 2. The molecule has 4 aromatic carbocycles. The van der Waals surface area contributed by atoms with Gasteiger partial charge in [-0.15, -0.1) is 11.3 Å². The third kappa shape index (κ3) is 2.81. The fourth-order valence-electron chi connectivity index (χ4n) is 3.83. The smallest absolute Gasteiger partial charge is 0.145 e. The first-order valence-electron chi connectivity index (χ1n) is 9.86. The lowest BCUT2D eigenvalue weighted by molar-refractivity contribution is 1.10. The highest BCUT2D eigenvalue weighted by Gasteiger charge is 2.15. The van der Waals surface area contributed by atoms with Crippen molar-refractivity contribution in [3.63, 3.8) is 0 Å². The topological polar surface area (TPSA) is 30.7 Å². The van der Waals surface area contributed by atoms with Gasteiger partial charge < -0.3 is 0 Å². The van der Waals surface area contributed by atoms with Gasteiger partial charge in [0.05, 0.1) is 21.3 Å². The second-order valence-electron chi connectivity index (χ2n) is 7.16. The zero-order valence-electron chi connectivity index (χ0n) is 16.1. The Kier molecular flexibility index (Phi) is 3.96. The van der Waals surface area contributed by atoms with Gasteiger partial charge in [-0.3, -0.25) is 4.57 Å². The summed E-state index contributed by atoms with van der Waals surface area (Å²) in [4.78, 5) is 9.86. The highest BCUT2D eigenvalue weighted by atomic mass is 32.1. The van der Waals surface area contributed by atoms with Crippen LogP contribution in [-0.2, 0) is 0 Å². The normalized spacial score (nSPS) is 11.3. The molecule has 4 heteroatoms. The fraction of sp³-hybridized carbons (Fsp3) is 0. The number of imidazole rings is 1.